The Bertz CT molecular complexity index is 384. The van der Waals surface area contributed by atoms with Crippen molar-refractivity contribution in [3.63, 3.8) is 0 Å². The number of hydrogen-bond acceptors (Lipinski definition) is 4. The van der Waals surface area contributed by atoms with E-state index in [0.29, 0.717) is 6.61 Å². The van der Waals surface area contributed by atoms with Crippen LogP contribution in [-0.4, -0.2) is 15.4 Å². The highest BCUT2D eigenvalue weighted by atomic mass is 16.6. The van der Waals surface area contributed by atoms with E-state index in [9.17, 15) is 0 Å². The van der Waals surface area contributed by atoms with Crippen molar-refractivity contribution in [2.45, 2.75) is 6.61 Å². The Morgan fingerprint density at radius 2 is 2.33 bits per heavy atom. The lowest BCUT2D eigenvalue weighted by Gasteiger charge is -1.97. The number of nitrogens with zero attached hydrogens (tertiary/aromatic N) is 2. The number of aromatic nitrogens is 3. The summed E-state index contributed by atoms with van der Waals surface area (Å²) in [7, 11) is 0. The zero-order valence-electron chi connectivity index (χ0n) is 6.32. The molecule has 0 saturated carbocycles. The Hall–Kier alpha value is -1.46. The molecule has 1 aromatic heterocycles. The smallest absolute Gasteiger partial charge is 0.118 e. The number of H-pyrrole nitrogens is 1. The van der Waals surface area contributed by atoms with E-state index in [4.69, 9.17) is 5.90 Å². The minimum absolute atomic E-state index is 0.351. The standard InChI is InChI=1S/C7H8N4O/c8-12-4-5-2-1-3-6-7(5)10-11-9-6/h1-3H,4,8H2,(H,9,10,11). The number of nitrogens with one attached hydrogen (secondary N) is 1. The summed E-state index contributed by atoms with van der Waals surface area (Å²) in [6, 6.07) is 5.66. The van der Waals surface area contributed by atoms with Crippen molar-refractivity contribution < 1.29 is 4.84 Å². The van der Waals surface area contributed by atoms with Crippen LogP contribution in [0.3, 0.4) is 0 Å². The van der Waals surface area contributed by atoms with Gasteiger partial charge in [-0.15, -0.1) is 0 Å². The minimum Gasteiger partial charge on any atom is -0.300 e. The summed E-state index contributed by atoms with van der Waals surface area (Å²) < 4.78 is 0. The molecule has 0 aliphatic rings. The number of fused-ring (bicyclic) bond motifs is 1. The topological polar surface area (TPSA) is 76.8 Å². The number of rotatable bonds is 2. The molecule has 62 valence electrons. The van der Waals surface area contributed by atoms with Crippen LogP contribution in [0, 0.1) is 0 Å². The average molecular weight is 164 g/mol. The molecule has 0 aliphatic carbocycles. The Morgan fingerprint density at radius 3 is 3.17 bits per heavy atom. The fourth-order valence-electron chi connectivity index (χ4n) is 1.13. The van der Waals surface area contributed by atoms with Gasteiger partial charge in [0.05, 0.1) is 6.61 Å². The molecule has 5 heteroatoms. The summed E-state index contributed by atoms with van der Waals surface area (Å²) in [5.74, 6) is 4.96. The van der Waals surface area contributed by atoms with Gasteiger partial charge in [0, 0.05) is 5.56 Å². The van der Waals surface area contributed by atoms with E-state index in [1.807, 2.05) is 18.2 Å². The van der Waals surface area contributed by atoms with Crippen LogP contribution in [0.4, 0.5) is 0 Å². The van der Waals surface area contributed by atoms with Crippen LogP contribution in [0.2, 0.25) is 0 Å². The van der Waals surface area contributed by atoms with Crippen LogP contribution in [0.25, 0.3) is 11.0 Å². The van der Waals surface area contributed by atoms with Crippen molar-refractivity contribution in [1.29, 1.82) is 0 Å². The maximum Gasteiger partial charge on any atom is 0.118 e. The fourth-order valence-corrected chi connectivity index (χ4v) is 1.13. The summed E-state index contributed by atoms with van der Waals surface area (Å²) in [5.41, 5.74) is 2.57. The van der Waals surface area contributed by atoms with Gasteiger partial charge in [-0.3, -0.25) is 4.84 Å². The predicted molar refractivity (Wildman–Crippen MR) is 42.9 cm³/mol. The minimum atomic E-state index is 0.351. The molecule has 2 rings (SSSR count). The van der Waals surface area contributed by atoms with E-state index in [2.05, 4.69) is 20.2 Å². The van der Waals surface area contributed by atoms with Crippen LogP contribution >= 0.6 is 0 Å². The lowest BCUT2D eigenvalue weighted by molar-refractivity contribution is 0.125. The molecule has 1 aromatic carbocycles. The zero-order chi connectivity index (χ0) is 8.39. The molecule has 0 bridgehead atoms. The molecule has 0 unspecified atom stereocenters. The van der Waals surface area contributed by atoms with E-state index in [1.54, 1.807) is 0 Å². The van der Waals surface area contributed by atoms with Crippen LogP contribution in [0.5, 0.6) is 0 Å². The summed E-state index contributed by atoms with van der Waals surface area (Å²) >= 11 is 0. The van der Waals surface area contributed by atoms with Gasteiger partial charge in [0.15, 0.2) is 0 Å². The van der Waals surface area contributed by atoms with Crippen molar-refractivity contribution in [2.75, 3.05) is 0 Å². The first-order valence-electron chi connectivity index (χ1n) is 3.52. The Kier molecular flexibility index (Phi) is 1.73. The first-order valence-corrected chi connectivity index (χ1v) is 3.52. The quantitative estimate of drug-likeness (QED) is 0.628. The van der Waals surface area contributed by atoms with Crippen molar-refractivity contribution in [2.24, 2.45) is 5.90 Å². The number of para-hydroxylation sites is 1. The maximum absolute atomic E-state index is 4.96. The number of aromatic amines is 1. The van der Waals surface area contributed by atoms with E-state index in [0.717, 1.165) is 16.6 Å². The summed E-state index contributed by atoms with van der Waals surface area (Å²) in [4.78, 5) is 4.52. The van der Waals surface area contributed by atoms with Gasteiger partial charge in [0.2, 0.25) is 0 Å². The predicted octanol–water partition coefficient (Wildman–Crippen LogP) is 0.348. The first-order chi connectivity index (χ1) is 5.92. The monoisotopic (exact) mass is 164 g/mol. The zero-order valence-corrected chi connectivity index (χ0v) is 6.32. The molecule has 3 N–H and O–H groups in total. The molecular weight excluding hydrogens is 156 g/mol. The van der Waals surface area contributed by atoms with Gasteiger partial charge in [0.25, 0.3) is 0 Å². The summed E-state index contributed by atoms with van der Waals surface area (Å²) in [6.07, 6.45) is 0. The van der Waals surface area contributed by atoms with Gasteiger partial charge in [-0.2, -0.15) is 15.4 Å². The van der Waals surface area contributed by atoms with Gasteiger partial charge in [0.1, 0.15) is 11.0 Å². The lowest BCUT2D eigenvalue weighted by Crippen LogP contribution is -1.99. The fraction of sp³-hybridized carbons (Fsp3) is 0.143. The summed E-state index contributed by atoms with van der Waals surface area (Å²) in [6.45, 7) is 0.351. The van der Waals surface area contributed by atoms with E-state index in [1.165, 1.54) is 0 Å². The lowest BCUT2D eigenvalue weighted by atomic mass is 10.2. The second-order valence-electron chi connectivity index (χ2n) is 2.42. The second-order valence-corrected chi connectivity index (χ2v) is 2.42. The number of benzene rings is 1. The molecule has 0 atom stereocenters. The largest absolute Gasteiger partial charge is 0.300 e. The van der Waals surface area contributed by atoms with Crippen molar-refractivity contribution in [1.82, 2.24) is 15.4 Å². The third-order valence-corrected chi connectivity index (χ3v) is 1.67. The van der Waals surface area contributed by atoms with Crippen molar-refractivity contribution >= 4 is 11.0 Å². The van der Waals surface area contributed by atoms with E-state index >= 15 is 0 Å². The van der Waals surface area contributed by atoms with Gasteiger partial charge in [-0.1, -0.05) is 12.1 Å². The van der Waals surface area contributed by atoms with Gasteiger partial charge in [-0.25, -0.2) is 5.90 Å². The van der Waals surface area contributed by atoms with Crippen LogP contribution in [0.1, 0.15) is 5.56 Å². The average Bonchev–Trinajstić information content (AvgIpc) is 2.53. The molecule has 0 fully saturated rings. The molecule has 1 heterocycles. The van der Waals surface area contributed by atoms with Crippen LogP contribution in [-0.2, 0) is 11.4 Å². The highest BCUT2D eigenvalue weighted by Gasteiger charge is 2.02. The highest BCUT2D eigenvalue weighted by Crippen LogP contribution is 2.13. The normalized spacial score (nSPS) is 10.8. The summed E-state index contributed by atoms with van der Waals surface area (Å²) in [5, 5.41) is 10.4. The number of nitrogens with two attached hydrogens (primary N) is 1. The van der Waals surface area contributed by atoms with Gasteiger partial charge < -0.3 is 0 Å². The molecule has 0 saturated heterocycles. The third kappa shape index (κ3) is 1.05. The SMILES string of the molecule is NOCc1cccc2n[nH]nc12. The molecule has 0 spiro atoms. The molecule has 0 radical (unpaired) electrons. The maximum atomic E-state index is 4.96. The van der Waals surface area contributed by atoms with Crippen molar-refractivity contribution in [3.05, 3.63) is 23.8 Å². The molecule has 5 nitrogen and oxygen atoms in total. The van der Waals surface area contributed by atoms with Crippen molar-refractivity contribution in [3.8, 4) is 0 Å². The second kappa shape index (κ2) is 2.88. The Balaban J connectivity index is 2.57. The first kappa shape index (κ1) is 7.20. The third-order valence-electron chi connectivity index (χ3n) is 1.67. The molecular formula is C7H8N4O. The Morgan fingerprint density at radius 1 is 1.42 bits per heavy atom. The van der Waals surface area contributed by atoms with E-state index in [-0.39, 0.29) is 0 Å². The number of hydrogen-bond donors (Lipinski definition) is 2. The molecule has 0 aliphatic heterocycles. The van der Waals surface area contributed by atoms with Gasteiger partial charge >= 0.3 is 0 Å². The molecule has 12 heavy (non-hydrogen) atoms. The van der Waals surface area contributed by atoms with Crippen LogP contribution in [0.15, 0.2) is 18.2 Å². The van der Waals surface area contributed by atoms with E-state index < -0.39 is 0 Å². The molecule has 2 aromatic rings. The Labute approximate surface area is 68.5 Å². The molecule has 0 amide bonds. The van der Waals surface area contributed by atoms with Crippen LogP contribution < -0.4 is 5.90 Å². The van der Waals surface area contributed by atoms with Gasteiger partial charge in [-0.05, 0) is 6.07 Å². The highest BCUT2D eigenvalue weighted by molar-refractivity contribution is 5.76.